The Kier molecular flexibility index (Phi) is 5.73. The van der Waals surface area contributed by atoms with Gasteiger partial charge >= 0.3 is 0 Å². The van der Waals surface area contributed by atoms with Gasteiger partial charge in [0.05, 0.1) is 12.6 Å². The number of hydrogen-bond donors (Lipinski definition) is 2. The van der Waals surface area contributed by atoms with Gasteiger partial charge in [-0.05, 0) is 54.8 Å². The van der Waals surface area contributed by atoms with Gasteiger partial charge in [-0.1, -0.05) is 28.1 Å². The van der Waals surface area contributed by atoms with Crippen LogP contribution in [0.5, 0.6) is 5.75 Å². The van der Waals surface area contributed by atoms with Crippen molar-refractivity contribution in [3.63, 3.8) is 0 Å². The van der Waals surface area contributed by atoms with E-state index in [4.69, 9.17) is 10.6 Å². The molecule has 1 unspecified atom stereocenters. The molecule has 2 rings (SSSR count). The lowest BCUT2D eigenvalue weighted by Crippen LogP contribution is -2.29. The second-order valence-electron chi connectivity index (χ2n) is 4.66. The van der Waals surface area contributed by atoms with Gasteiger partial charge in [-0.25, -0.2) is 4.39 Å². The highest BCUT2D eigenvalue weighted by Gasteiger charge is 2.13. The van der Waals surface area contributed by atoms with Gasteiger partial charge in [-0.2, -0.15) is 0 Å². The quantitative estimate of drug-likeness (QED) is 0.615. The van der Waals surface area contributed by atoms with Gasteiger partial charge in [0.25, 0.3) is 0 Å². The number of nitrogens with two attached hydrogens (primary N) is 1. The van der Waals surface area contributed by atoms with Crippen LogP contribution in [0.15, 0.2) is 46.9 Å². The van der Waals surface area contributed by atoms with Gasteiger partial charge in [0, 0.05) is 4.47 Å². The van der Waals surface area contributed by atoms with Crippen molar-refractivity contribution in [1.29, 1.82) is 0 Å². The molecule has 0 aromatic heterocycles. The van der Waals surface area contributed by atoms with Crippen LogP contribution >= 0.6 is 15.9 Å². The van der Waals surface area contributed by atoms with Crippen molar-refractivity contribution in [1.82, 2.24) is 5.43 Å². The van der Waals surface area contributed by atoms with Crippen LogP contribution in [-0.2, 0) is 6.42 Å². The number of halogens is 2. The van der Waals surface area contributed by atoms with E-state index in [1.165, 1.54) is 6.07 Å². The molecular weight excluding hydrogens is 335 g/mol. The minimum absolute atomic E-state index is 0.163. The number of nitrogens with one attached hydrogen (secondary N) is 1. The molecule has 3 N–H and O–H groups in total. The Hall–Kier alpha value is -1.43. The maximum Gasteiger partial charge on any atom is 0.126 e. The molecule has 0 saturated heterocycles. The molecule has 21 heavy (non-hydrogen) atoms. The van der Waals surface area contributed by atoms with E-state index in [1.54, 1.807) is 12.1 Å². The highest BCUT2D eigenvalue weighted by atomic mass is 79.9. The fourth-order valence-electron chi connectivity index (χ4n) is 2.16. The molecule has 0 fully saturated rings. The number of hydrazine groups is 1. The first-order valence-electron chi connectivity index (χ1n) is 6.77. The summed E-state index contributed by atoms with van der Waals surface area (Å²) in [5.74, 6) is 6.20. The van der Waals surface area contributed by atoms with Crippen LogP contribution in [-0.4, -0.2) is 6.61 Å². The van der Waals surface area contributed by atoms with Gasteiger partial charge in [0.15, 0.2) is 0 Å². The molecule has 0 amide bonds. The van der Waals surface area contributed by atoms with E-state index in [1.807, 2.05) is 31.2 Å². The third-order valence-electron chi connectivity index (χ3n) is 3.23. The lowest BCUT2D eigenvalue weighted by atomic mass is 9.99. The molecule has 2 aromatic rings. The topological polar surface area (TPSA) is 47.3 Å². The predicted octanol–water partition coefficient (Wildman–Crippen LogP) is 3.73. The van der Waals surface area contributed by atoms with Crippen LogP contribution < -0.4 is 16.0 Å². The second kappa shape index (κ2) is 7.54. The first kappa shape index (κ1) is 15.9. The van der Waals surface area contributed by atoms with Crippen molar-refractivity contribution in [2.45, 2.75) is 19.4 Å². The molecule has 2 aromatic carbocycles. The maximum absolute atomic E-state index is 13.8. The van der Waals surface area contributed by atoms with Crippen LogP contribution in [0.3, 0.4) is 0 Å². The first-order valence-corrected chi connectivity index (χ1v) is 7.56. The summed E-state index contributed by atoms with van der Waals surface area (Å²) < 4.78 is 20.1. The zero-order valence-corrected chi connectivity index (χ0v) is 13.4. The summed E-state index contributed by atoms with van der Waals surface area (Å²) in [6.07, 6.45) is 0.468. The van der Waals surface area contributed by atoms with Crippen molar-refractivity contribution in [2.75, 3.05) is 6.61 Å². The Morgan fingerprint density at radius 3 is 2.57 bits per heavy atom. The zero-order chi connectivity index (χ0) is 15.2. The summed E-state index contributed by atoms with van der Waals surface area (Å²) in [6.45, 7) is 2.56. The minimum Gasteiger partial charge on any atom is -0.494 e. The smallest absolute Gasteiger partial charge is 0.126 e. The largest absolute Gasteiger partial charge is 0.494 e. The van der Waals surface area contributed by atoms with E-state index in [9.17, 15) is 4.39 Å². The van der Waals surface area contributed by atoms with Crippen LogP contribution in [0, 0.1) is 5.82 Å². The van der Waals surface area contributed by atoms with Crippen molar-refractivity contribution in [3.8, 4) is 5.75 Å². The second-order valence-corrected chi connectivity index (χ2v) is 5.58. The monoisotopic (exact) mass is 352 g/mol. The minimum atomic E-state index is -0.232. The molecular formula is C16H18BrFN2O. The average molecular weight is 353 g/mol. The predicted molar refractivity (Wildman–Crippen MR) is 85.5 cm³/mol. The molecule has 0 spiro atoms. The molecule has 3 nitrogen and oxygen atoms in total. The van der Waals surface area contributed by atoms with E-state index >= 15 is 0 Å². The standard InChI is InChI=1S/C16H18BrFN2O/c1-2-21-14-6-3-11(4-7-14)16(20-19)10-12-9-13(17)5-8-15(12)18/h3-9,16,20H,2,10,19H2,1H3. The van der Waals surface area contributed by atoms with Gasteiger partial charge in [-0.3, -0.25) is 11.3 Å². The summed E-state index contributed by atoms with van der Waals surface area (Å²) in [6, 6.07) is 12.4. The Labute approximate surface area is 132 Å². The lowest BCUT2D eigenvalue weighted by molar-refractivity contribution is 0.340. The Morgan fingerprint density at radius 1 is 1.24 bits per heavy atom. The highest BCUT2D eigenvalue weighted by Crippen LogP contribution is 2.24. The van der Waals surface area contributed by atoms with Gasteiger partial charge < -0.3 is 4.74 Å². The fraction of sp³-hybridized carbons (Fsp3) is 0.250. The van der Waals surface area contributed by atoms with E-state index in [-0.39, 0.29) is 11.9 Å². The van der Waals surface area contributed by atoms with Crippen LogP contribution in [0.2, 0.25) is 0 Å². The van der Waals surface area contributed by atoms with Crippen LogP contribution in [0.4, 0.5) is 4.39 Å². The maximum atomic E-state index is 13.8. The van der Waals surface area contributed by atoms with Gasteiger partial charge in [0.1, 0.15) is 11.6 Å². The number of ether oxygens (including phenoxy) is 1. The van der Waals surface area contributed by atoms with E-state index < -0.39 is 0 Å². The van der Waals surface area contributed by atoms with E-state index in [0.717, 1.165) is 15.8 Å². The zero-order valence-electron chi connectivity index (χ0n) is 11.8. The van der Waals surface area contributed by atoms with Crippen LogP contribution in [0.1, 0.15) is 24.1 Å². The molecule has 0 bridgehead atoms. The summed E-state index contributed by atoms with van der Waals surface area (Å²) in [7, 11) is 0. The van der Waals surface area contributed by atoms with Gasteiger partial charge in [-0.15, -0.1) is 0 Å². The average Bonchev–Trinajstić information content (AvgIpc) is 2.49. The molecule has 0 aliphatic carbocycles. The lowest BCUT2D eigenvalue weighted by Gasteiger charge is -2.17. The van der Waals surface area contributed by atoms with Crippen molar-refractivity contribution in [2.24, 2.45) is 5.84 Å². The fourth-order valence-corrected chi connectivity index (χ4v) is 2.56. The number of benzene rings is 2. The SMILES string of the molecule is CCOc1ccc(C(Cc2cc(Br)ccc2F)NN)cc1. The normalized spacial score (nSPS) is 12.2. The Balaban J connectivity index is 2.17. The van der Waals surface area contributed by atoms with Crippen molar-refractivity contribution >= 4 is 15.9 Å². The Morgan fingerprint density at radius 2 is 1.95 bits per heavy atom. The summed E-state index contributed by atoms with van der Waals surface area (Å²) in [5, 5.41) is 0. The summed E-state index contributed by atoms with van der Waals surface area (Å²) in [4.78, 5) is 0. The number of hydrogen-bond acceptors (Lipinski definition) is 3. The van der Waals surface area contributed by atoms with Crippen molar-refractivity contribution in [3.05, 3.63) is 63.9 Å². The van der Waals surface area contributed by atoms with Crippen LogP contribution in [0.25, 0.3) is 0 Å². The summed E-state index contributed by atoms with van der Waals surface area (Å²) >= 11 is 3.36. The highest BCUT2D eigenvalue weighted by molar-refractivity contribution is 9.10. The Bertz CT molecular complexity index is 589. The molecule has 0 aliphatic heterocycles. The first-order chi connectivity index (χ1) is 10.1. The molecule has 5 heteroatoms. The molecule has 0 saturated carbocycles. The molecule has 0 heterocycles. The van der Waals surface area contributed by atoms with Gasteiger partial charge in [0.2, 0.25) is 0 Å². The van der Waals surface area contributed by atoms with E-state index in [0.29, 0.717) is 18.6 Å². The summed E-state index contributed by atoms with van der Waals surface area (Å²) in [5.41, 5.74) is 4.34. The van der Waals surface area contributed by atoms with E-state index in [2.05, 4.69) is 21.4 Å². The molecule has 0 aliphatic rings. The molecule has 1 atom stereocenters. The third kappa shape index (κ3) is 4.27. The molecule has 0 radical (unpaired) electrons. The third-order valence-corrected chi connectivity index (χ3v) is 3.72. The van der Waals surface area contributed by atoms with Crippen molar-refractivity contribution < 1.29 is 9.13 Å². The molecule has 112 valence electrons. The number of rotatable bonds is 6.